The molecule has 6 heteroatoms. The largest absolute Gasteiger partial charge is 0.390 e. The Bertz CT molecular complexity index is 621. The molecule has 0 atom stereocenters. The van der Waals surface area contributed by atoms with E-state index >= 15 is 0 Å². The normalized spacial score (nSPS) is 10.9. The Morgan fingerprint density at radius 3 is 2.57 bits per heavy atom. The van der Waals surface area contributed by atoms with Gasteiger partial charge in [0.25, 0.3) is 5.69 Å². The van der Waals surface area contributed by atoms with Crippen LogP contribution in [-0.2, 0) is 6.42 Å². The molecule has 0 aliphatic carbocycles. The molecule has 0 saturated carbocycles. The summed E-state index contributed by atoms with van der Waals surface area (Å²) >= 11 is 0. The molecule has 0 spiro atoms. The second-order valence-corrected chi connectivity index (χ2v) is 5.06. The summed E-state index contributed by atoms with van der Waals surface area (Å²) in [6.45, 7) is 7.35. The zero-order valence-corrected chi connectivity index (χ0v) is 12.8. The number of fused-ring (bicyclic) bond motifs is 1. The molecule has 0 aromatic carbocycles. The first-order valence-corrected chi connectivity index (χ1v) is 6.98. The second kappa shape index (κ2) is 7.08. The van der Waals surface area contributed by atoms with Crippen LogP contribution in [-0.4, -0.2) is 25.6 Å². The maximum Gasteiger partial charge on any atom is 0.292 e. The topological polar surface area (TPSA) is 89.2 Å². The van der Waals surface area contributed by atoms with Gasteiger partial charge in [-0.3, -0.25) is 15.1 Å². The number of hydrogen-bond donors (Lipinski definition) is 1. The maximum absolute atomic E-state index is 11.1. The van der Waals surface area contributed by atoms with Gasteiger partial charge in [0.2, 0.25) is 0 Å². The van der Waals surface area contributed by atoms with Crippen LogP contribution in [0, 0.1) is 10.1 Å². The summed E-state index contributed by atoms with van der Waals surface area (Å²) in [6.07, 6.45) is 3.64. The van der Waals surface area contributed by atoms with Gasteiger partial charge in [-0.15, -0.1) is 0 Å². The van der Waals surface area contributed by atoms with E-state index in [-0.39, 0.29) is 5.69 Å². The zero-order chi connectivity index (χ0) is 16.0. The number of nitro groups is 1. The van der Waals surface area contributed by atoms with E-state index in [2.05, 4.69) is 9.97 Å². The molecule has 0 amide bonds. The van der Waals surface area contributed by atoms with Crippen LogP contribution < -0.4 is 0 Å². The number of nitrogens with zero attached hydrogens (tertiary/aromatic N) is 3. The van der Waals surface area contributed by atoms with Gasteiger partial charge >= 0.3 is 0 Å². The van der Waals surface area contributed by atoms with Crippen molar-refractivity contribution >= 4 is 16.7 Å². The standard InChI is InChI=1S/C13H15N3O3.C2H6/c1-13(2,17)6-5-9-11(16(18)19)8-15-10-4-3-7-14-12(9)10;1-2/h3-4,7-8,17H,5-6H2,1-2H3;1-2H3. The average Bonchev–Trinajstić information content (AvgIpc) is 2.45. The van der Waals surface area contributed by atoms with Crippen molar-refractivity contribution in [1.29, 1.82) is 0 Å². The van der Waals surface area contributed by atoms with Crippen LogP contribution in [0.5, 0.6) is 0 Å². The van der Waals surface area contributed by atoms with Crippen LogP contribution in [0.25, 0.3) is 11.0 Å². The average molecular weight is 291 g/mol. The SMILES string of the molecule is CC.CC(C)(O)CCc1c([N+](=O)[O-])cnc2cccnc12. The van der Waals surface area contributed by atoms with Crippen LogP contribution in [0.1, 0.15) is 39.7 Å². The molecule has 0 unspecified atom stereocenters. The predicted octanol–water partition coefficient (Wildman–Crippen LogP) is 3.27. The summed E-state index contributed by atoms with van der Waals surface area (Å²) in [5.41, 5.74) is 0.756. The highest BCUT2D eigenvalue weighted by molar-refractivity contribution is 5.80. The lowest BCUT2D eigenvalue weighted by Crippen LogP contribution is -2.19. The van der Waals surface area contributed by atoms with Crippen LogP contribution >= 0.6 is 0 Å². The molecule has 2 aromatic heterocycles. The third-order valence-corrected chi connectivity index (χ3v) is 2.89. The first-order chi connectivity index (χ1) is 9.88. The fraction of sp³-hybridized carbons (Fsp3) is 0.467. The van der Waals surface area contributed by atoms with E-state index in [1.165, 1.54) is 6.20 Å². The van der Waals surface area contributed by atoms with Gasteiger partial charge in [0.1, 0.15) is 6.20 Å². The quantitative estimate of drug-likeness (QED) is 0.689. The number of aryl methyl sites for hydroxylation is 1. The number of hydrogen-bond acceptors (Lipinski definition) is 5. The lowest BCUT2D eigenvalue weighted by Gasteiger charge is -2.16. The smallest absolute Gasteiger partial charge is 0.292 e. The number of aliphatic hydroxyl groups is 1. The molecule has 0 bridgehead atoms. The van der Waals surface area contributed by atoms with Gasteiger partial charge in [-0.25, -0.2) is 4.98 Å². The molecule has 6 nitrogen and oxygen atoms in total. The third kappa shape index (κ3) is 4.46. The molecule has 1 N–H and O–H groups in total. The van der Waals surface area contributed by atoms with E-state index in [0.717, 1.165) is 0 Å². The van der Waals surface area contributed by atoms with Crippen LogP contribution in [0.4, 0.5) is 5.69 Å². The van der Waals surface area contributed by atoms with Gasteiger partial charge in [-0.05, 0) is 38.8 Å². The molecule has 2 aromatic rings. The Hall–Kier alpha value is -2.08. The monoisotopic (exact) mass is 291 g/mol. The summed E-state index contributed by atoms with van der Waals surface area (Å²) < 4.78 is 0. The summed E-state index contributed by atoms with van der Waals surface area (Å²) in [4.78, 5) is 18.8. The molecule has 0 fully saturated rings. The van der Waals surface area contributed by atoms with Gasteiger partial charge in [0.05, 0.1) is 27.1 Å². The van der Waals surface area contributed by atoms with Gasteiger partial charge in [-0.2, -0.15) is 0 Å². The number of rotatable bonds is 4. The molecular weight excluding hydrogens is 270 g/mol. The molecule has 21 heavy (non-hydrogen) atoms. The Balaban J connectivity index is 0.00000106. The fourth-order valence-electron chi connectivity index (χ4n) is 1.90. The summed E-state index contributed by atoms with van der Waals surface area (Å²) in [5.74, 6) is 0. The molecule has 0 aliphatic rings. The van der Waals surface area contributed by atoms with Crippen molar-refractivity contribution in [3.63, 3.8) is 0 Å². The molecule has 0 aliphatic heterocycles. The number of aromatic nitrogens is 2. The van der Waals surface area contributed by atoms with Crippen molar-refractivity contribution in [2.24, 2.45) is 0 Å². The summed E-state index contributed by atoms with van der Waals surface area (Å²) in [5, 5.41) is 20.8. The molecule has 2 heterocycles. The Morgan fingerprint density at radius 1 is 1.33 bits per heavy atom. The summed E-state index contributed by atoms with van der Waals surface area (Å²) in [7, 11) is 0. The molecule has 114 valence electrons. The van der Waals surface area contributed by atoms with Gasteiger partial charge in [-0.1, -0.05) is 13.8 Å². The minimum atomic E-state index is -0.877. The Labute approximate surface area is 124 Å². The molecule has 0 saturated heterocycles. The van der Waals surface area contributed by atoms with Crippen LogP contribution in [0.3, 0.4) is 0 Å². The van der Waals surface area contributed by atoms with Crippen molar-refractivity contribution < 1.29 is 10.0 Å². The summed E-state index contributed by atoms with van der Waals surface area (Å²) in [6, 6.07) is 3.50. The minimum absolute atomic E-state index is 0.0459. The van der Waals surface area contributed by atoms with E-state index in [1.807, 2.05) is 13.8 Å². The maximum atomic E-state index is 11.1. The van der Waals surface area contributed by atoms with E-state index in [1.54, 1.807) is 32.2 Å². The highest BCUT2D eigenvalue weighted by Crippen LogP contribution is 2.27. The highest BCUT2D eigenvalue weighted by Gasteiger charge is 2.21. The molecule has 0 radical (unpaired) electrons. The first kappa shape index (κ1) is 17.0. The predicted molar refractivity (Wildman–Crippen MR) is 82.2 cm³/mol. The van der Waals surface area contributed by atoms with Crippen molar-refractivity contribution in [3.8, 4) is 0 Å². The van der Waals surface area contributed by atoms with E-state index in [4.69, 9.17) is 0 Å². The van der Waals surface area contributed by atoms with Crippen molar-refractivity contribution in [2.75, 3.05) is 0 Å². The first-order valence-electron chi connectivity index (χ1n) is 6.98. The van der Waals surface area contributed by atoms with Crippen LogP contribution in [0.2, 0.25) is 0 Å². The lowest BCUT2D eigenvalue weighted by molar-refractivity contribution is -0.385. The van der Waals surface area contributed by atoms with Crippen molar-refractivity contribution in [3.05, 3.63) is 40.2 Å². The van der Waals surface area contributed by atoms with E-state index in [9.17, 15) is 15.2 Å². The third-order valence-electron chi connectivity index (χ3n) is 2.89. The van der Waals surface area contributed by atoms with Gasteiger partial charge in [0.15, 0.2) is 0 Å². The van der Waals surface area contributed by atoms with E-state index < -0.39 is 10.5 Å². The Morgan fingerprint density at radius 2 is 2.00 bits per heavy atom. The highest BCUT2D eigenvalue weighted by atomic mass is 16.6. The fourth-order valence-corrected chi connectivity index (χ4v) is 1.90. The van der Waals surface area contributed by atoms with Crippen molar-refractivity contribution in [1.82, 2.24) is 9.97 Å². The zero-order valence-electron chi connectivity index (χ0n) is 12.8. The van der Waals surface area contributed by atoms with E-state index in [0.29, 0.717) is 29.4 Å². The van der Waals surface area contributed by atoms with Gasteiger partial charge in [0, 0.05) is 6.20 Å². The molecular formula is C15H21N3O3. The number of pyridine rings is 2. The lowest BCUT2D eigenvalue weighted by atomic mass is 9.97. The van der Waals surface area contributed by atoms with Crippen LogP contribution in [0.15, 0.2) is 24.5 Å². The molecule has 2 rings (SSSR count). The van der Waals surface area contributed by atoms with Crippen molar-refractivity contribution in [2.45, 2.75) is 46.1 Å². The second-order valence-electron chi connectivity index (χ2n) is 5.06. The Kier molecular flexibility index (Phi) is 5.72. The van der Waals surface area contributed by atoms with Gasteiger partial charge < -0.3 is 5.11 Å². The minimum Gasteiger partial charge on any atom is -0.390 e.